The summed E-state index contributed by atoms with van der Waals surface area (Å²) < 4.78 is 5.94. The van der Waals surface area contributed by atoms with Crippen molar-refractivity contribution in [1.82, 2.24) is 5.32 Å². The highest BCUT2D eigenvalue weighted by Crippen LogP contribution is 2.29. The number of likely N-dealkylation sites (N-methyl/N-ethyl adjacent to an activating group) is 1. The molecule has 0 aromatic heterocycles. The van der Waals surface area contributed by atoms with Gasteiger partial charge in [-0.3, -0.25) is 14.4 Å². The molecule has 228 valence electrons. The Bertz CT molecular complexity index is 1380. The molecule has 0 aliphatic rings. The molecule has 0 heterocycles. The van der Waals surface area contributed by atoms with Crippen molar-refractivity contribution < 1.29 is 29.0 Å². The van der Waals surface area contributed by atoms with Crippen LogP contribution >= 0.6 is 0 Å². The second-order valence-electron chi connectivity index (χ2n) is 10.3. The first-order valence-electron chi connectivity index (χ1n) is 14.4. The van der Waals surface area contributed by atoms with Crippen LogP contribution in [0.5, 0.6) is 5.75 Å². The maximum absolute atomic E-state index is 13.5. The number of aliphatic carboxylic acids is 1. The molecule has 3 rings (SSSR count). The normalized spacial score (nSPS) is 11.2. The first-order chi connectivity index (χ1) is 20.7. The molecule has 0 radical (unpaired) electrons. The number of amides is 4. The molecule has 3 aromatic carbocycles. The SMILES string of the molecule is CCC(C)CCCN(C(=O)CNC(=O)Nc1cccc(CC(=O)O)c1)c1ccccc1OCC(=O)N(C)c1ccccc1. The number of rotatable bonds is 15. The Labute approximate surface area is 252 Å². The summed E-state index contributed by atoms with van der Waals surface area (Å²) in [6, 6.07) is 22.2. The van der Waals surface area contributed by atoms with Gasteiger partial charge in [0.05, 0.1) is 18.7 Å². The number of anilines is 3. The molecule has 43 heavy (non-hydrogen) atoms. The van der Waals surface area contributed by atoms with Crippen molar-refractivity contribution in [2.75, 3.05) is 41.9 Å². The zero-order valence-electron chi connectivity index (χ0n) is 24.9. The van der Waals surface area contributed by atoms with Gasteiger partial charge in [-0.25, -0.2) is 4.79 Å². The molecular weight excluding hydrogens is 548 g/mol. The summed E-state index contributed by atoms with van der Waals surface area (Å²) in [5.41, 5.74) is 2.21. The summed E-state index contributed by atoms with van der Waals surface area (Å²) >= 11 is 0. The van der Waals surface area contributed by atoms with Crippen LogP contribution in [-0.2, 0) is 20.8 Å². The number of urea groups is 1. The molecule has 3 aromatic rings. The van der Waals surface area contributed by atoms with E-state index >= 15 is 0 Å². The number of benzene rings is 3. The number of carbonyl (C=O) groups is 4. The number of carbonyl (C=O) groups excluding carboxylic acids is 3. The first kappa shape index (κ1) is 32.7. The molecule has 3 N–H and O–H groups in total. The van der Waals surface area contributed by atoms with Crippen LogP contribution in [0, 0.1) is 5.92 Å². The van der Waals surface area contributed by atoms with Crippen LogP contribution in [0.3, 0.4) is 0 Å². The minimum Gasteiger partial charge on any atom is -0.482 e. The first-order valence-corrected chi connectivity index (χ1v) is 14.4. The molecule has 1 atom stereocenters. The van der Waals surface area contributed by atoms with Gasteiger partial charge in [0.2, 0.25) is 5.91 Å². The van der Waals surface area contributed by atoms with Crippen molar-refractivity contribution in [1.29, 1.82) is 0 Å². The summed E-state index contributed by atoms with van der Waals surface area (Å²) in [5, 5.41) is 14.3. The van der Waals surface area contributed by atoms with Crippen molar-refractivity contribution in [3.63, 3.8) is 0 Å². The highest BCUT2D eigenvalue weighted by Gasteiger charge is 2.21. The van der Waals surface area contributed by atoms with Gasteiger partial charge in [0.25, 0.3) is 5.91 Å². The van der Waals surface area contributed by atoms with Crippen LogP contribution in [-0.4, -0.2) is 55.7 Å². The number of ether oxygens (including phenoxy) is 1. The second kappa shape index (κ2) is 16.5. The molecule has 0 saturated heterocycles. The average Bonchev–Trinajstić information content (AvgIpc) is 3.00. The minimum absolute atomic E-state index is 0.170. The predicted molar refractivity (Wildman–Crippen MR) is 168 cm³/mol. The van der Waals surface area contributed by atoms with Crippen molar-refractivity contribution >= 4 is 40.9 Å². The quantitative estimate of drug-likeness (QED) is 0.220. The minimum atomic E-state index is -0.975. The molecule has 10 heteroatoms. The zero-order valence-corrected chi connectivity index (χ0v) is 24.9. The lowest BCUT2D eigenvalue weighted by molar-refractivity contribution is -0.136. The number of nitrogens with zero attached hydrogens (tertiary/aromatic N) is 2. The fraction of sp³-hybridized carbons (Fsp3) is 0.333. The van der Waals surface area contributed by atoms with E-state index in [9.17, 15) is 19.2 Å². The third-order valence-electron chi connectivity index (χ3n) is 7.04. The monoisotopic (exact) mass is 588 g/mol. The van der Waals surface area contributed by atoms with E-state index in [1.54, 1.807) is 60.5 Å². The van der Waals surface area contributed by atoms with Gasteiger partial charge in [0.15, 0.2) is 6.61 Å². The summed E-state index contributed by atoms with van der Waals surface area (Å²) in [4.78, 5) is 53.0. The van der Waals surface area contributed by atoms with Gasteiger partial charge in [-0.2, -0.15) is 0 Å². The van der Waals surface area contributed by atoms with E-state index in [1.807, 2.05) is 30.3 Å². The number of carboxylic acid groups (broad SMARTS) is 1. The Hall–Kier alpha value is -4.86. The van der Waals surface area contributed by atoms with Crippen molar-refractivity contribution in [3.8, 4) is 5.75 Å². The smallest absolute Gasteiger partial charge is 0.319 e. The number of hydrogen-bond acceptors (Lipinski definition) is 5. The van der Waals surface area contributed by atoms with Gasteiger partial charge in [-0.05, 0) is 60.7 Å². The van der Waals surface area contributed by atoms with Gasteiger partial charge < -0.3 is 30.3 Å². The molecule has 0 bridgehead atoms. The number of nitrogens with one attached hydrogen (secondary N) is 2. The van der Waals surface area contributed by atoms with E-state index in [2.05, 4.69) is 24.5 Å². The molecule has 4 amide bonds. The van der Waals surface area contributed by atoms with Gasteiger partial charge in [-0.15, -0.1) is 0 Å². The summed E-state index contributed by atoms with van der Waals surface area (Å²) in [6.07, 6.45) is 2.52. The molecule has 10 nitrogen and oxygen atoms in total. The van der Waals surface area contributed by atoms with Gasteiger partial charge in [0, 0.05) is 25.0 Å². The Morgan fingerprint density at radius 1 is 0.930 bits per heavy atom. The second-order valence-corrected chi connectivity index (χ2v) is 10.3. The predicted octanol–water partition coefficient (Wildman–Crippen LogP) is 5.34. The van der Waals surface area contributed by atoms with Crippen LogP contribution in [0.25, 0.3) is 0 Å². The van der Waals surface area contributed by atoms with Crippen LogP contribution in [0.1, 0.15) is 38.7 Å². The van der Waals surface area contributed by atoms with Crippen LogP contribution in [0.15, 0.2) is 78.9 Å². The Kier molecular flexibility index (Phi) is 12.6. The van der Waals surface area contributed by atoms with E-state index in [4.69, 9.17) is 9.84 Å². The maximum atomic E-state index is 13.5. The molecule has 0 fully saturated rings. The molecule has 0 saturated carbocycles. The van der Waals surface area contributed by atoms with Gasteiger partial charge >= 0.3 is 12.0 Å². The topological polar surface area (TPSA) is 128 Å². The standard InChI is InChI=1S/C33H40N4O6/c1-4-24(2)12-11-19-37(30(38)22-34-33(42)35-26-14-10-13-25(20-26)21-32(40)41)28-17-8-9-18-29(28)43-23-31(39)36(3)27-15-6-5-7-16-27/h5-10,13-18,20,24H,4,11-12,19,21-23H2,1-3H3,(H,40,41)(H2,34,35,42). The molecular formula is C33H40N4O6. The highest BCUT2D eigenvalue weighted by molar-refractivity contribution is 5.99. The lowest BCUT2D eigenvalue weighted by Gasteiger charge is -2.26. The third-order valence-corrected chi connectivity index (χ3v) is 7.04. The fourth-order valence-corrected chi connectivity index (χ4v) is 4.38. The van der Waals surface area contributed by atoms with Crippen LogP contribution in [0.4, 0.5) is 21.9 Å². The number of para-hydroxylation sites is 3. The molecule has 1 unspecified atom stereocenters. The van der Waals surface area contributed by atoms with Crippen molar-refractivity contribution in [2.45, 2.75) is 39.5 Å². The number of carboxylic acids is 1. The van der Waals surface area contributed by atoms with Gasteiger partial charge in [-0.1, -0.05) is 62.7 Å². The van der Waals surface area contributed by atoms with E-state index in [1.165, 1.54) is 4.90 Å². The van der Waals surface area contributed by atoms with E-state index < -0.39 is 12.0 Å². The average molecular weight is 589 g/mol. The Morgan fingerprint density at radius 2 is 1.65 bits per heavy atom. The highest BCUT2D eigenvalue weighted by atomic mass is 16.5. The molecule has 0 aliphatic heterocycles. The lowest BCUT2D eigenvalue weighted by atomic mass is 10.0. The van der Waals surface area contributed by atoms with Crippen molar-refractivity contribution in [3.05, 3.63) is 84.4 Å². The molecule has 0 aliphatic carbocycles. The fourth-order valence-electron chi connectivity index (χ4n) is 4.38. The molecule has 0 spiro atoms. The summed E-state index contributed by atoms with van der Waals surface area (Å²) in [7, 11) is 1.68. The Morgan fingerprint density at radius 3 is 2.37 bits per heavy atom. The van der Waals surface area contributed by atoms with Crippen LogP contribution < -0.4 is 25.2 Å². The largest absolute Gasteiger partial charge is 0.482 e. The Balaban J connectivity index is 1.69. The van der Waals surface area contributed by atoms with Gasteiger partial charge in [0.1, 0.15) is 5.75 Å². The zero-order chi connectivity index (χ0) is 31.2. The van der Waals surface area contributed by atoms with E-state index in [0.29, 0.717) is 35.2 Å². The van der Waals surface area contributed by atoms with Crippen LogP contribution in [0.2, 0.25) is 0 Å². The summed E-state index contributed by atoms with van der Waals surface area (Å²) in [5.74, 6) is -0.689. The number of hydrogen-bond donors (Lipinski definition) is 3. The maximum Gasteiger partial charge on any atom is 0.319 e. The summed E-state index contributed by atoms with van der Waals surface area (Å²) in [6.45, 7) is 4.18. The van der Waals surface area contributed by atoms with E-state index in [-0.39, 0.29) is 31.4 Å². The lowest BCUT2D eigenvalue weighted by Crippen LogP contribution is -2.42. The third kappa shape index (κ3) is 10.5. The van der Waals surface area contributed by atoms with Crippen molar-refractivity contribution in [2.24, 2.45) is 5.92 Å². The van der Waals surface area contributed by atoms with E-state index in [0.717, 1.165) is 24.9 Å².